The molecular formula is C19H27N3O4. The monoisotopic (exact) mass is 361 g/mol. The van der Waals surface area contributed by atoms with Gasteiger partial charge in [0.1, 0.15) is 0 Å². The molecule has 0 bridgehead atoms. The molecule has 0 spiro atoms. The van der Waals surface area contributed by atoms with E-state index in [1.165, 1.54) is 0 Å². The van der Waals surface area contributed by atoms with Gasteiger partial charge < -0.3 is 25.4 Å². The summed E-state index contributed by atoms with van der Waals surface area (Å²) in [6.45, 7) is 6.45. The molecule has 1 aromatic carbocycles. The molecule has 1 aliphatic heterocycles. The number of urea groups is 1. The summed E-state index contributed by atoms with van der Waals surface area (Å²) in [4.78, 5) is 24.7. The minimum Gasteiger partial charge on any atom is -0.463 e. The number of hydrogen-bond acceptors (Lipinski definition) is 5. The molecule has 26 heavy (non-hydrogen) atoms. The zero-order chi connectivity index (χ0) is 18.8. The second-order valence-corrected chi connectivity index (χ2v) is 5.78. The van der Waals surface area contributed by atoms with Gasteiger partial charge in [-0.2, -0.15) is 0 Å². The third kappa shape index (κ3) is 5.57. The first-order valence-corrected chi connectivity index (χ1v) is 8.98. The highest BCUT2D eigenvalue weighted by molar-refractivity contribution is 5.95. The molecule has 1 aromatic rings. The summed E-state index contributed by atoms with van der Waals surface area (Å²) < 4.78 is 10.5. The number of benzene rings is 1. The fourth-order valence-electron chi connectivity index (χ4n) is 2.76. The fourth-order valence-corrected chi connectivity index (χ4v) is 2.76. The van der Waals surface area contributed by atoms with Crippen LogP contribution in [0.5, 0.6) is 0 Å². The van der Waals surface area contributed by atoms with Gasteiger partial charge in [0.15, 0.2) is 0 Å². The first kappa shape index (κ1) is 19.9. The van der Waals surface area contributed by atoms with Crippen LogP contribution in [0.25, 0.3) is 0 Å². The average molecular weight is 361 g/mol. The van der Waals surface area contributed by atoms with Gasteiger partial charge in [0.25, 0.3) is 0 Å². The third-order valence-corrected chi connectivity index (χ3v) is 3.93. The first-order chi connectivity index (χ1) is 12.7. The molecule has 7 heteroatoms. The summed E-state index contributed by atoms with van der Waals surface area (Å²) in [5.41, 5.74) is 1.80. The Hall–Kier alpha value is -2.38. The van der Waals surface area contributed by atoms with Crippen molar-refractivity contribution in [2.45, 2.75) is 26.3 Å². The van der Waals surface area contributed by atoms with Crippen LogP contribution < -0.4 is 16.0 Å². The molecule has 7 nitrogen and oxygen atoms in total. The molecule has 3 N–H and O–H groups in total. The predicted octanol–water partition coefficient (Wildman–Crippen LogP) is 1.87. The molecule has 1 atom stereocenters. The van der Waals surface area contributed by atoms with Crippen LogP contribution in [0.1, 0.15) is 31.9 Å². The maximum absolute atomic E-state index is 12.6. The number of carbonyl (C=O) groups excluding carboxylic acids is 2. The van der Waals surface area contributed by atoms with Gasteiger partial charge in [0, 0.05) is 25.5 Å². The minimum atomic E-state index is -0.538. The van der Waals surface area contributed by atoms with E-state index in [-0.39, 0.29) is 12.6 Å². The van der Waals surface area contributed by atoms with Gasteiger partial charge in [0.2, 0.25) is 0 Å². The van der Waals surface area contributed by atoms with Crippen molar-refractivity contribution >= 4 is 12.0 Å². The highest BCUT2D eigenvalue weighted by atomic mass is 16.5. The number of hydrogen-bond donors (Lipinski definition) is 3. The van der Waals surface area contributed by atoms with Crippen LogP contribution in [0.15, 0.2) is 41.6 Å². The van der Waals surface area contributed by atoms with Crippen molar-refractivity contribution in [2.24, 2.45) is 0 Å². The minimum absolute atomic E-state index is 0.271. The van der Waals surface area contributed by atoms with Crippen LogP contribution >= 0.6 is 0 Å². The van der Waals surface area contributed by atoms with Crippen LogP contribution in [-0.4, -0.2) is 44.9 Å². The van der Waals surface area contributed by atoms with Gasteiger partial charge in [-0.05, 0) is 32.4 Å². The molecule has 2 amide bonds. The SMILES string of the molecule is CCOCCCNCC1=C(C(=O)OCC)[C@@H](c2ccccc2)NC(=O)N1. The Morgan fingerprint density at radius 1 is 1.19 bits per heavy atom. The van der Waals surface area contributed by atoms with Crippen LogP contribution in [-0.2, 0) is 14.3 Å². The van der Waals surface area contributed by atoms with Crippen molar-refractivity contribution in [2.75, 3.05) is 32.9 Å². The van der Waals surface area contributed by atoms with Gasteiger partial charge in [-0.1, -0.05) is 30.3 Å². The number of amides is 2. The third-order valence-electron chi connectivity index (χ3n) is 3.93. The van der Waals surface area contributed by atoms with Crippen LogP contribution in [0.3, 0.4) is 0 Å². The highest BCUT2D eigenvalue weighted by Crippen LogP contribution is 2.27. The van der Waals surface area contributed by atoms with Crippen molar-refractivity contribution in [1.82, 2.24) is 16.0 Å². The smallest absolute Gasteiger partial charge is 0.338 e. The highest BCUT2D eigenvalue weighted by Gasteiger charge is 2.33. The van der Waals surface area contributed by atoms with Gasteiger partial charge in [-0.25, -0.2) is 9.59 Å². The Kier molecular flexibility index (Phi) is 8.11. The summed E-state index contributed by atoms with van der Waals surface area (Å²) in [7, 11) is 0. The molecule has 0 radical (unpaired) electrons. The van der Waals surface area contributed by atoms with Crippen molar-refractivity contribution in [3.63, 3.8) is 0 Å². The number of carbonyl (C=O) groups is 2. The van der Waals surface area contributed by atoms with E-state index >= 15 is 0 Å². The quantitative estimate of drug-likeness (QED) is 0.437. The molecule has 0 unspecified atom stereocenters. The Morgan fingerprint density at radius 2 is 1.96 bits per heavy atom. The van der Waals surface area contributed by atoms with Crippen LogP contribution in [0.4, 0.5) is 4.79 Å². The van der Waals surface area contributed by atoms with E-state index in [9.17, 15) is 9.59 Å². The molecule has 1 heterocycles. The molecule has 0 saturated heterocycles. The molecule has 0 aromatic heterocycles. The lowest BCUT2D eigenvalue weighted by atomic mass is 9.95. The topological polar surface area (TPSA) is 88.7 Å². The van der Waals surface area contributed by atoms with E-state index in [1.54, 1.807) is 6.92 Å². The summed E-state index contributed by atoms with van der Waals surface area (Å²) in [6, 6.07) is 8.52. The lowest BCUT2D eigenvalue weighted by Crippen LogP contribution is -2.48. The van der Waals surface area contributed by atoms with Gasteiger partial charge in [-0.15, -0.1) is 0 Å². The number of nitrogens with one attached hydrogen (secondary N) is 3. The van der Waals surface area contributed by atoms with E-state index in [0.29, 0.717) is 31.0 Å². The van der Waals surface area contributed by atoms with E-state index in [4.69, 9.17) is 9.47 Å². The second-order valence-electron chi connectivity index (χ2n) is 5.78. The predicted molar refractivity (Wildman–Crippen MR) is 98.5 cm³/mol. The summed E-state index contributed by atoms with van der Waals surface area (Å²) in [6.07, 6.45) is 0.851. The van der Waals surface area contributed by atoms with E-state index < -0.39 is 12.0 Å². The Labute approximate surface area is 154 Å². The summed E-state index contributed by atoms with van der Waals surface area (Å²) in [5, 5.41) is 8.80. The normalized spacial score (nSPS) is 16.8. The maximum Gasteiger partial charge on any atom is 0.338 e. The second kappa shape index (κ2) is 10.6. The van der Waals surface area contributed by atoms with Crippen molar-refractivity contribution in [1.29, 1.82) is 0 Å². The lowest BCUT2D eigenvalue weighted by molar-refractivity contribution is -0.139. The summed E-state index contributed by atoms with van der Waals surface area (Å²) >= 11 is 0. The van der Waals surface area contributed by atoms with Crippen LogP contribution in [0, 0.1) is 0 Å². The fraction of sp³-hybridized carbons (Fsp3) is 0.474. The van der Waals surface area contributed by atoms with Crippen molar-refractivity contribution in [3.05, 3.63) is 47.2 Å². The zero-order valence-corrected chi connectivity index (χ0v) is 15.3. The largest absolute Gasteiger partial charge is 0.463 e. The number of esters is 1. The number of rotatable bonds is 10. The maximum atomic E-state index is 12.6. The Balaban J connectivity index is 2.18. The molecule has 1 aliphatic rings. The van der Waals surface area contributed by atoms with Crippen LogP contribution in [0.2, 0.25) is 0 Å². The van der Waals surface area contributed by atoms with Crippen molar-refractivity contribution in [3.8, 4) is 0 Å². The van der Waals surface area contributed by atoms with E-state index in [2.05, 4.69) is 16.0 Å². The zero-order valence-electron chi connectivity index (χ0n) is 15.3. The van der Waals surface area contributed by atoms with Gasteiger partial charge in [0.05, 0.1) is 18.2 Å². The standard InChI is InChI=1S/C19H27N3O4/c1-3-25-12-8-11-20-13-15-16(18(23)26-4-2)17(22-19(24)21-15)14-9-6-5-7-10-14/h5-7,9-10,17,20H,3-4,8,11-13H2,1-2H3,(H2,21,22,24)/t17-/m1/s1. The Morgan fingerprint density at radius 3 is 2.65 bits per heavy atom. The molecular weight excluding hydrogens is 334 g/mol. The van der Waals surface area contributed by atoms with E-state index in [1.807, 2.05) is 37.3 Å². The molecule has 142 valence electrons. The first-order valence-electron chi connectivity index (χ1n) is 8.98. The van der Waals surface area contributed by atoms with Gasteiger partial charge in [-0.3, -0.25) is 0 Å². The summed E-state index contributed by atoms with van der Waals surface area (Å²) in [5.74, 6) is -0.431. The molecule has 0 fully saturated rings. The lowest BCUT2D eigenvalue weighted by Gasteiger charge is -2.29. The molecule has 2 rings (SSSR count). The average Bonchev–Trinajstić information content (AvgIpc) is 2.65. The van der Waals surface area contributed by atoms with Crippen molar-refractivity contribution < 1.29 is 19.1 Å². The van der Waals surface area contributed by atoms with E-state index in [0.717, 1.165) is 18.5 Å². The number of ether oxygens (including phenoxy) is 2. The molecule has 0 saturated carbocycles. The molecule has 0 aliphatic carbocycles. The Bertz CT molecular complexity index is 631. The van der Waals surface area contributed by atoms with Gasteiger partial charge >= 0.3 is 12.0 Å².